The van der Waals surface area contributed by atoms with Gasteiger partial charge < -0.3 is 21.5 Å². The number of primary amides is 1. The Labute approximate surface area is 107 Å². The van der Waals surface area contributed by atoms with Crippen molar-refractivity contribution in [3.05, 3.63) is 18.2 Å². The summed E-state index contributed by atoms with van der Waals surface area (Å²) in [6, 6.07) is 5.50. The van der Waals surface area contributed by atoms with Gasteiger partial charge in [0.25, 0.3) is 0 Å². The van der Waals surface area contributed by atoms with Crippen LogP contribution >= 0.6 is 0 Å². The van der Waals surface area contributed by atoms with E-state index >= 15 is 0 Å². The van der Waals surface area contributed by atoms with Crippen LogP contribution in [0.25, 0.3) is 0 Å². The Bertz CT molecular complexity index is 430. The number of nitrogens with two attached hydrogens (primary N) is 2. The molecule has 1 amide bonds. The molecule has 0 bridgehead atoms. The third-order valence-electron chi connectivity index (χ3n) is 2.75. The quantitative estimate of drug-likeness (QED) is 0.670. The van der Waals surface area contributed by atoms with Crippen molar-refractivity contribution in [2.24, 2.45) is 11.1 Å². The lowest BCUT2D eigenvalue weighted by atomic mass is 9.92. The summed E-state index contributed by atoms with van der Waals surface area (Å²) < 4.78 is 5.40. The van der Waals surface area contributed by atoms with Crippen LogP contribution < -0.4 is 21.5 Å². The maximum atomic E-state index is 11.2. The minimum absolute atomic E-state index is 0.352. The summed E-state index contributed by atoms with van der Waals surface area (Å²) >= 11 is 0. The van der Waals surface area contributed by atoms with Crippen LogP contribution in [0, 0.1) is 5.41 Å². The number of nitrogens with one attached hydrogen (secondary N) is 1. The molecule has 18 heavy (non-hydrogen) atoms. The van der Waals surface area contributed by atoms with E-state index < -0.39 is 5.41 Å². The molecule has 1 aromatic carbocycles. The van der Waals surface area contributed by atoms with Crippen LogP contribution in [0.2, 0.25) is 0 Å². The monoisotopic (exact) mass is 251 g/mol. The van der Waals surface area contributed by atoms with E-state index in [1.807, 2.05) is 25.1 Å². The summed E-state index contributed by atoms with van der Waals surface area (Å²) in [5.74, 6) is 0.286. The maximum absolute atomic E-state index is 11.2. The minimum atomic E-state index is -0.631. The van der Waals surface area contributed by atoms with Crippen LogP contribution in [-0.2, 0) is 4.79 Å². The largest absolute Gasteiger partial charge is 0.492 e. The van der Waals surface area contributed by atoms with E-state index in [0.717, 1.165) is 5.69 Å². The Balaban J connectivity index is 2.80. The van der Waals surface area contributed by atoms with Crippen molar-refractivity contribution in [1.82, 2.24) is 0 Å². The molecule has 0 aliphatic rings. The highest BCUT2D eigenvalue weighted by atomic mass is 16.5. The molecule has 0 saturated carbocycles. The van der Waals surface area contributed by atoms with Gasteiger partial charge in [-0.15, -0.1) is 0 Å². The normalized spacial score (nSPS) is 11.1. The fraction of sp³-hybridized carbons (Fsp3) is 0.462. The van der Waals surface area contributed by atoms with Crippen LogP contribution in [0.5, 0.6) is 5.75 Å². The van der Waals surface area contributed by atoms with Crippen LogP contribution in [-0.4, -0.2) is 19.1 Å². The van der Waals surface area contributed by atoms with Crippen molar-refractivity contribution in [2.45, 2.75) is 20.8 Å². The second kappa shape index (κ2) is 5.62. The van der Waals surface area contributed by atoms with Gasteiger partial charge in [0.15, 0.2) is 0 Å². The molecule has 0 unspecified atom stereocenters. The first-order chi connectivity index (χ1) is 8.38. The highest BCUT2D eigenvalue weighted by molar-refractivity contribution is 5.81. The molecular formula is C13H21N3O2. The van der Waals surface area contributed by atoms with Crippen molar-refractivity contribution < 1.29 is 9.53 Å². The molecule has 100 valence electrons. The van der Waals surface area contributed by atoms with E-state index in [1.54, 1.807) is 13.8 Å². The van der Waals surface area contributed by atoms with Gasteiger partial charge >= 0.3 is 0 Å². The number of anilines is 2. The molecule has 0 aromatic heterocycles. The van der Waals surface area contributed by atoms with Crippen molar-refractivity contribution in [3.63, 3.8) is 0 Å². The van der Waals surface area contributed by atoms with E-state index in [-0.39, 0.29) is 5.91 Å². The number of nitrogen functional groups attached to an aromatic ring is 1. The molecule has 0 radical (unpaired) electrons. The Morgan fingerprint density at radius 1 is 1.44 bits per heavy atom. The average Bonchev–Trinajstić information content (AvgIpc) is 2.30. The molecule has 0 atom stereocenters. The topological polar surface area (TPSA) is 90.4 Å². The highest BCUT2D eigenvalue weighted by Crippen LogP contribution is 2.30. The number of hydrogen-bond acceptors (Lipinski definition) is 4. The molecule has 1 rings (SSSR count). The zero-order valence-corrected chi connectivity index (χ0v) is 11.1. The van der Waals surface area contributed by atoms with E-state index in [1.165, 1.54) is 0 Å². The standard InChI is InChI=1S/C13H21N3O2/c1-4-18-10-7-5-6-9(11(10)14)16-8-13(2,3)12(15)17/h5-7,16H,4,8,14H2,1-3H3,(H2,15,17). The molecule has 5 N–H and O–H groups in total. The van der Waals surface area contributed by atoms with Crippen LogP contribution in [0.15, 0.2) is 18.2 Å². The molecule has 5 heteroatoms. The highest BCUT2D eigenvalue weighted by Gasteiger charge is 2.24. The van der Waals surface area contributed by atoms with Crippen molar-refractivity contribution >= 4 is 17.3 Å². The number of rotatable bonds is 6. The number of carbonyl (C=O) groups is 1. The Morgan fingerprint density at radius 3 is 2.67 bits per heavy atom. The van der Waals surface area contributed by atoms with Gasteiger partial charge in [-0.25, -0.2) is 0 Å². The van der Waals surface area contributed by atoms with E-state index in [0.29, 0.717) is 24.6 Å². The first kappa shape index (κ1) is 14.2. The lowest BCUT2D eigenvalue weighted by Crippen LogP contribution is -2.37. The van der Waals surface area contributed by atoms with Gasteiger partial charge in [-0.3, -0.25) is 4.79 Å². The first-order valence-corrected chi connectivity index (χ1v) is 5.93. The second-order valence-electron chi connectivity index (χ2n) is 4.75. The molecule has 0 aliphatic carbocycles. The maximum Gasteiger partial charge on any atom is 0.224 e. The SMILES string of the molecule is CCOc1cccc(NCC(C)(C)C(N)=O)c1N. The molecule has 5 nitrogen and oxygen atoms in total. The van der Waals surface area contributed by atoms with E-state index in [9.17, 15) is 4.79 Å². The van der Waals surface area contributed by atoms with Crippen LogP contribution in [0.3, 0.4) is 0 Å². The summed E-state index contributed by atoms with van der Waals surface area (Å²) in [6.07, 6.45) is 0. The summed E-state index contributed by atoms with van der Waals surface area (Å²) in [6.45, 7) is 6.44. The summed E-state index contributed by atoms with van der Waals surface area (Å²) in [7, 11) is 0. The van der Waals surface area contributed by atoms with Gasteiger partial charge in [0.1, 0.15) is 5.75 Å². The number of para-hydroxylation sites is 1. The van der Waals surface area contributed by atoms with Crippen molar-refractivity contribution in [3.8, 4) is 5.75 Å². The number of carbonyl (C=O) groups excluding carboxylic acids is 1. The van der Waals surface area contributed by atoms with Gasteiger partial charge in [-0.1, -0.05) is 6.07 Å². The van der Waals surface area contributed by atoms with Crippen molar-refractivity contribution in [1.29, 1.82) is 0 Å². The minimum Gasteiger partial charge on any atom is -0.492 e. The predicted molar refractivity (Wildman–Crippen MR) is 73.5 cm³/mol. The van der Waals surface area contributed by atoms with Gasteiger partial charge in [0.05, 0.1) is 23.4 Å². The van der Waals surface area contributed by atoms with Gasteiger partial charge in [-0.05, 0) is 32.9 Å². The van der Waals surface area contributed by atoms with Crippen LogP contribution in [0.1, 0.15) is 20.8 Å². The average molecular weight is 251 g/mol. The number of hydrogen-bond donors (Lipinski definition) is 3. The molecule has 0 fully saturated rings. The molecule has 0 saturated heterocycles. The Morgan fingerprint density at radius 2 is 2.11 bits per heavy atom. The lowest BCUT2D eigenvalue weighted by molar-refractivity contribution is -0.125. The second-order valence-corrected chi connectivity index (χ2v) is 4.75. The number of amides is 1. The predicted octanol–water partition coefficient (Wildman–Crippen LogP) is 1.59. The molecule has 0 aliphatic heterocycles. The molecule has 0 heterocycles. The van der Waals surface area contributed by atoms with Gasteiger partial charge in [0.2, 0.25) is 5.91 Å². The molecule has 1 aromatic rings. The summed E-state index contributed by atoms with van der Waals surface area (Å²) in [5.41, 5.74) is 11.9. The van der Waals surface area contributed by atoms with Crippen molar-refractivity contribution in [2.75, 3.05) is 24.2 Å². The van der Waals surface area contributed by atoms with E-state index in [4.69, 9.17) is 16.2 Å². The molecule has 0 spiro atoms. The summed E-state index contributed by atoms with van der Waals surface area (Å²) in [4.78, 5) is 11.2. The first-order valence-electron chi connectivity index (χ1n) is 5.93. The molecular weight excluding hydrogens is 230 g/mol. The third-order valence-corrected chi connectivity index (χ3v) is 2.75. The van der Waals surface area contributed by atoms with Gasteiger partial charge in [-0.2, -0.15) is 0 Å². The third kappa shape index (κ3) is 3.29. The number of benzene rings is 1. The van der Waals surface area contributed by atoms with Gasteiger partial charge in [0, 0.05) is 6.54 Å². The van der Waals surface area contributed by atoms with Crippen LogP contribution in [0.4, 0.5) is 11.4 Å². The summed E-state index contributed by atoms with van der Waals surface area (Å²) in [5, 5.41) is 3.13. The fourth-order valence-corrected chi connectivity index (χ4v) is 1.38. The fourth-order valence-electron chi connectivity index (χ4n) is 1.38. The Hall–Kier alpha value is -1.91. The smallest absolute Gasteiger partial charge is 0.224 e. The zero-order valence-electron chi connectivity index (χ0n) is 11.1. The zero-order chi connectivity index (χ0) is 13.8. The Kier molecular flexibility index (Phi) is 4.42. The van der Waals surface area contributed by atoms with E-state index in [2.05, 4.69) is 5.32 Å². The number of ether oxygens (including phenoxy) is 1. The lowest BCUT2D eigenvalue weighted by Gasteiger charge is -2.22.